The first-order chi connectivity index (χ1) is 9.24. The molecule has 5 nitrogen and oxygen atoms in total. The summed E-state index contributed by atoms with van der Waals surface area (Å²) < 4.78 is 5.32. The molecule has 0 radical (unpaired) electrons. The number of aromatic hydroxyl groups is 1. The molecular formula is C14H22N2O3. The molecule has 2 N–H and O–H groups in total. The molecule has 0 aromatic heterocycles. The number of hydrogen-bond acceptors (Lipinski definition) is 5. The molecule has 1 aromatic rings. The predicted molar refractivity (Wildman–Crippen MR) is 75.0 cm³/mol. The predicted octanol–water partition coefficient (Wildman–Crippen LogP) is 0.905. The number of nitrogens with zero attached hydrogens (tertiary/aromatic N) is 2. The third-order valence-electron chi connectivity index (χ3n) is 3.40. The maximum atomic E-state index is 9.89. The standard InChI is InChI=1S/C14H22N2O3/c1-2-19-14-4-3-12(11-13(14)18)16-7-5-15(6-8-16)9-10-17/h3-4,11,17-18H,2,5-10H2,1H3. The van der Waals surface area contributed by atoms with Gasteiger partial charge in [0.2, 0.25) is 0 Å². The summed E-state index contributed by atoms with van der Waals surface area (Å²) in [5.41, 5.74) is 1.02. The van der Waals surface area contributed by atoms with Gasteiger partial charge in [0, 0.05) is 44.5 Å². The number of ether oxygens (including phenoxy) is 1. The number of rotatable bonds is 5. The van der Waals surface area contributed by atoms with Gasteiger partial charge >= 0.3 is 0 Å². The fraction of sp³-hybridized carbons (Fsp3) is 0.571. The number of piperazine rings is 1. The van der Waals surface area contributed by atoms with E-state index in [-0.39, 0.29) is 12.4 Å². The quantitative estimate of drug-likeness (QED) is 0.829. The molecule has 19 heavy (non-hydrogen) atoms. The highest BCUT2D eigenvalue weighted by molar-refractivity contribution is 5.56. The molecule has 5 heteroatoms. The summed E-state index contributed by atoms with van der Waals surface area (Å²) in [5, 5.41) is 18.8. The largest absolute Gasteiger partial charge is 0.504 e. The van der Waals surface area contributed by atoms with Crippen molar-refractivity contribution < 1.29 is 14.9 Å². The van der Waals surface area contributed by atoms with Gasteiger partial charge in [-0.3, -0.25) is 4.90 Å². The molecule has 0 unspecified atom stereocenters. The van der Waals surface area contributed by atoms with Crippen LogP contribution in [0.1, 0.15) is 6.92 Å². The minimum atomic E-state index is 0.192. The molecule has 0 atom stereocenters. The fourth-order valence-corrected chi connectivity index (χ4v) is 2.35. The molecule has 1 saturated heterocycles. The Hall–Kier alpha value is -1.46. The first-order valence-electron chi connectivity index (χ1n) is 6.78. The van der Waals surface area contributed by atoms with Gasteiger partial charge in [0.1, 0.15) is 0 Å². The zero-order valence-electron chi connectivity index (χ0n) is 11.4. The molecule has 0 amide bonds. The van der Waals surface area contributed by atoms with Gasteiger partial charge in [-0.15, -0.1) is 0 Å². The highest BCUT2D eigenvalue weighted by Crippen LogP contribution is 2.31. The summed E-state index contributed by atoms with van der Waals surface area (Å²) in [5.74, 6) is 0.724. The van der Waals surface area contributed by atoms with Crippen LogP contribution in [0.5, 0.6) is 11.5 Å². The number of hydrogen-bond donors (Lipinski definition) is 2. The zero-order chi connectivity index (χ0) is 13.7. The van der Waals surface area contributed by atoms with Crippen molar-refractivity contribution in [2.24, 2.45) is 0 Å². The molecule has 1 heterocycles. The number of phenolic OH excluding ortho intramolecular Hbond substituents is 1. The van der Waals surface area contributed by atoms with Crippen LogP contribution in [0.4, 0.5) is 5.69 Å². The van der Waals surface area contributed by atoms with Gasteiger partial charge in [0.25, 0.3) is 0 Å². The molecule has 0 spiro atoms. The number of benzene rings is 1. The second-order valence-electron chi connectivity index (χ2n) is 4.64. The third-order valence-corrected chi connectivity index (χ3v) is 3.40. The average Bonchev–Trinajstić information content (AvgIpc) is 2.43. The van der Waals surface area contributed by atoms with Crippen molar-refractivity contribution in [3.8, 4) is 11.5 Å². The second kappa shape index (κ2) is 6.63. The van der Waals surface area contributed by atoms with Crippen LogP contribution in [0.3, 0.4) is 0 Å². The molecule has 106 valence electrons. The van der Waals surface area contributed by atoms with Crippen molar-refractivity contribution in [1.29, 1.82) is 0 Å². The van der Waals surface area contributed by atoms with E-state index in [1.807, 2.05) is 19.1 Å². The van der Waals surface area contributed by atoms with Crippen LogP contribution in [0.2, 0.25) is 0 Å². The van der Waals surface area contributed by atoms with Gasteiger partial charge in [0.05, 0.1) is 13.2 Å². The van der Waals surface area contributed by atoms with Gasteiger partial charge in [0.15, 0.2) is 11.5 Å². The summed E-state index contributed by atoms with van der Waals surface area (Å²) in [6, 6.07) is 5.55. The Morgan fingerprint density at radius 1 is 1.21 bits per heavy atom. The maximum absolute atomic E-state index is 9.89. The van der Waals surface area contributed by atoms with Gasteiger partial charge < -0.3 is 19.8 Å². The van der Waals surface area contributed by atoms with Gasteiger partial charge in [-0.2, -0.15) is 0 Å². The van der Waals surface area contributed by atoms with E-state index in [9.17, 15) is 5.11 Å². The topological polar surface area (TPSA) is 56.2 Å². The van der Waals surface area contributed by atoms with Crippen molar-refractivity contribution in [1.82, 2.24) is 4.90 Å². The normalized spacial score (nSPS) is 16.6. The summed E-state index contributed by atoms with van der Waals surface area (Å²) >= 11 is 0. The van der Waals surface area contributed by atoms with Crippen LogP contribution in [0.25, 0.3) is 0 Å². The van der Waals surface area contributed by atoms with Crippen molar-refractivity contribution in [3.63, 3.8) is 0 Å². The molecule has 1 aromatic carbocycles. The van der Waals surface area contributed by atoms with E-state index in [0.29, 0.717) is 12.4 Å². The Labute approximate surface area is 114 Å². The minimum Gasteiger partial charge on any atom is -0.504 e. The van der Waals surface area contributed by atoms with Crippen LogP contribution in [0, 0.1) is 0 Å². The molecule has 1 aliphatic heterocycles. The monoisotopic (exact) mass is 266 g/mol. The van der Waals surface area contributed by atoms with Crippen molar-refractivity contribution in [3.05, 3.63) is 18.2 Å². The molecule has 1 aliphatic rings. The number of aliphatic hydroxyl groups excluding tert-OH is 1. The van der Waals surface area contributed by atoms with E-state index in [2.05, 4.69) is 9.80 Å². The third kappa shape index (κ3) is 3.52. The van der Waals surface area contributed by atoms with Crippen molar-refractivity contribution in [2.75, 3.05) is 50.8 Å². The number of aliphatic hydroxyl groups is 1. The molecular weight excluding hydrogens is 244 g/mol. The lowest BCUT2D eigenvalue weighted by molar-refractivity contribution is 0.189. The first kappa shape index (κ1) is 14.0. The lowest BCUT2D eigenvalue weighted by atomic mass is 10.2. The molecule has 0 aliphatic carbocycles. The van der Waals surface area contributed by atoms with Crippen LogP contribution in [0.15, 0.2) is 18.2 Å². The number of phenols is 1. The number of β-amino-alcohol motifs (C(OH)–C–C–N with tert-alkyl or cyclic N) is 1. The van der Waals surface area contributed by atoms with Crippen molar-refractivity contribution in [2.45, 2.75) is 6.92 Å². The summed E-state index contributed by atoms with van der Waals surface area (Å²) in [4.78, 5) is 4.48. The Morgan fingerprint density at radius 3 is 2.53 bits per heavy atom. The highest BCUT2D eigenvalue weighted by atomic mass is 16.5. The zero-order valence-corrected chi connectivity index (χ0v) is 11.4. The first-order valence-corrected chi connectivity index (χ1v) is 6.78. The summed E-state index contributed by atoms with van der Waals surface area (Å²) in [6.07, 6.45) is 0. The second-order valence-corrected chi connectivity index (χ2v) is 4.64. The van der Waals surface area contributed by atoms with Crippen LogP contribution >= 0.6 is 0 Å². The van der Waals surface area contributed by atoms with Gasteiger partial charge in [-0.1, -0.05) is 0 Å². The van der Waals surface area contributed by atoms with Gasteiger partial charge in [-0.05, 0) is 19.1 Å². The van der Waals surface area contributed by atoms with E-state index in [4.69, 9.17) is 9.84 Å². The fourth-order valence-electron chi connectivity index (χ4n) is 2.35. The van der Waals surface area contributed by atoms with E-state index in [1.54, 1.807) is 6.07 Å². The SMILES string of the molecule is CCOc1ccc(N2CCN(CCO)CC2)cc1O. The smallest absolute Gasteiger partial charge is 0.161 e. The van der Waals surface area contributed by atoms with Crippen LogP contribution < -0.4 is 9.64 Å². The summed E-state index contributed by atoms with van der Waals surface area (Å²) in [7, 11) is 0. The van der Waals surface area contributed by atoms with Crippen LogP contribution in [-0.4, -0.2) is 61.1 Å². The number of anilines is 1. The minimum absolute atomic E-state index is 0.192. The lowest BCUT2D eigenvalue weighted by Crippen LogP contribution is -2.47. The van der Waals surface area contributed by atoms with Gasteiger partial charge in [-0.25, -0.2) is 0 Å². The molecule has 0 saturated carbocycles. The molecule has 0 bridgehead atoms. The van der Waals surface area contributed by atoms with Crippen molar-refractivity contribution >= 4 is 5.69 Å². The Balaban J connectivity index is 1.97. The van der Waals surface area contributed by atoms with E-state index in [0.717, 1.165) is 38.4 Å². The van der Waals surface area contributed by atoms with E-state index >= 15 is 0 Å². The van der Waals surface area contributed by atoms with Crippen LogP contribution in [-0.2, 0) is 0 Å². The van der Waals surface area contributed by atoms with E-state index < -0.39 is 0 Å². The lowest BCUT2D eigenvalue weighted by Gasteiger charge is -2.35. The molecule has 1 fully saturated rings. The summed E-state index contributed by atoms with van der Waals surface area (Å²) in [6.45, 7) is 7.09. The Morgan fingerprint density at radius 2 is 1.95 bits per heavy atom. The Bertz CT molecular complexity index is 404. The maximum Gasteiger partial charge on any atom is 0.161 e. The average molecular weight is 266 g/mol. The molecule has 2 rings (SSSR count). The highest BCUT2D eigenvalue weighted by Gasteiger charge is 2.17. The Kier molecular flexibility index (Phi) is 4.87. The van der Waals surface area contributed by atoms with E-state index in [1.165, 1.54) is 0 Å².